The van der Waals surface area contributed by atoms with Crippen LogP contribution in [-0.2, 0) is 0 Å². The fourth-order valence-corrected chi connectivity index (χ4v) is 4.02. The minimum atomic E-state index is 0.811. The monoisotopic (exact) mass is 237 g/mol. The quantitative estimate of drug-likeness (QED) is 0.765. The van der Waals surface area contributed by atoms with E-state index in [1.165, 1.54) is 64.2 Å². The lowest BCUT2D eigenvalue weighted by Gasteiger charge is -2.35. The van der Waals surface area contributed by atoms with Gasteiger partial charge in [0, 0.05) is 6.04 Å². The SMILES string of the molecule is CNC(CC1CCCCC1)C1CCC(C)CC1. The highest BCUT2D eigenvalue weighted by Gasteiger charge is 2.27. The van der Waals surface area contributed by atoms with Gasteiger partial charge in [-0.2, -0.15) is 0 Å². The Morgan fingerprint density at radius 1 is 0.941 bits per heavy atom. The Hall–Kier alpha value is -0.0400. The van der Waals surface area contributed by atoms with Crippen molar-refractivity contribution in [1.29, 1.82) is 0 Å². The van der Waals surface area contributed by atoms with E-state index in [4.69, 9.17) is 0 Å². The molecular formula is C16H31N. The molecule has 0 bridgehead atoms. The Morgan fingerprint density at radius 2 is 1.59 bits per heavy atom. The van der Waals surface area contributed by atoms with Crippen molar-refractivity contribution in [1.82, 2.24) is 5.32 Å². The molecule has 0 aromatic rings. The molecule has 0 aromatic heterocycles. The van der Waals surface area contributed by atoms with Gasteiger partial charge in [0.25, 0.3) is 0 Å². The lowest BCUT2D eigenvalue weighted by molar-refractivity contribution is 0.197. The smallest absolute Gasteiger partial charge is 0.00949 e. The molecule has 0 saturated heterocycles. The van der Waals surface area contributed by atoms with Gasteiger partial charge >= 0.3 is 0 Å². The average Bonchev–Trinajstić information content (AvgIpc) is 2.38. The summed E-state index contributed by atoms with van der Waals surface area (Å²) in [7, 11) is 2.19. The molecule has 0 radical (unpaired) electrons. The van der Waals surface area contributed by atoms with Crippen LogP contribution in [-0.4, -0.2) is 13.1 Å². The summed E-state index contributed by atoms with van der Waals surface area (Å²) in [6.45, 7) is 2.42. The van der Waals surface area contributed by atoms with Crippen molar-refractivity contribution in [3.05, 3.63) is 0 Å². The second-order valence-electron chi connectivity index (χ2n) is 6.65. The summed E-state index contributed by atoms with van der Waals surface area (Å²) >= 11 is 0. The maximum atomic E-state index is 3.63. The molecule has 0 heterocycles. The van der Waals surface area contributed by atoms with E-state index in [0.717, 1.165) is 23.8 Å². The third-order valence-corrected chi connectivity index (χ3v) is 5.31. The molecule has 17 heavy (non-hydrogen) atoms. The predicted molar refractivity (Wildman–Crippen MR) is 75.2 cm³/mol. The second-order valence-corrected chi connectivity index (χ2v) is 6.65. The van der Waals surface area contributed by atoms with Crippen LogP contribution in [0.25, 0.3) is 0 Å². The van der Waals surface area contributed by atoms with Crippen LogP contribution in [0.1, 0.15) is 71.1 Å². The lowest BCUT2D eigenvalue weighted by Crippen LogP contribution is -2.37. The molecule has 2 rings (SSSR count). The molecule has 1 N–H and O–H groups in total. The maximum absolute atomic E-state index is 3.63. The predicted octanol–water partition coefficient (Wildman–Crippen LogP) is 4.37. The first kappa shape index (κ1) is 13.4. The third kappa shape index (κ3) is 3.98. The highest BCUT2D eigenvalue weighted by atomic mass is 14.9. The molecule has 2 saturated carbocycles. The van der Waals surface area contributed by atoms with Gasteiger partial charge in [-0.25, -0.2) is 0 Å². The number of hydrogen-bond acceptors (Lipinski definition) is 1. The van der Waals surface area contributed by atoms with Crippen LogP contribution in [0.2, 0.25) is 0 Å². The van der Waals surface area contributed by atoms with Gasteiger partial charge in [0.05, 0.1) is 0 Å². The summed E-state index contributed by atoms with van der Waals surface area (Å²) in [6.07, 6.45) is 14.8. The van der Waals surface area contributed by atoms with Crippen LogP contribution in [0.15, 0.2) is 0 Å². The summed E-state index contributed by atoms with van der Waals surface area (Å²) in [4.78, 5) is 0. The molecule has 0 spiro atoms. The first-order valence-electron chi connectivity index (χ1n) is 7.97. The van der Waals surface area contributed by atoms with E-state index in [-0.39, 0.29) is 0 Å². The molecule has 0 amide bonds. The molecule has 100 valence electrons. The van der Waals surface area contributed by atoms with Crippen molar-refractivity contribution in [3.63, 3.8) is 0 Å². The second kappa shape index (κ2) is 6.78. The Bertz CT molecular complexity index is 200. The fraction of sp³-hybridized carbons (Fsp3) is 1.00. The van der Waals surface area contributed by atoms with E-state index in [1.54, 1.807) is 0 Å². The van der Waals surface area contributed by atoms with E-state index < -0.39 is 0 Å². The molecule has 2 fully saturated rings. The van der Waals surface area contributed by atoms with E-state index in [2.05, 4.69) is 19.3 Å². The minimum absolute atomic E-state index is 0.811. The summed E-state index contributed by atoms with van der Waals surface area (Å²) in [5.74, 6) is 2.98. The van der Waals surface area contributed by atoms with Crippen molar-refractivity contribution in [2.75, 3.05) is 7.05 Å². The van der Waals surface area contributed by atoms with E-state index in [0.29, 0.717) is 0 Å². The van der Waals surface area contributed by atoms with Crippen molar-refractivity contribution in [2.24, 2.45) is 17.8 Å². The van der Waals surface area contributed by atoms with Gasteiger partial charge in [-0.15, -0.1) is 0 Å². The number of nitrogens with one attached hydrogen (secondary N) is 1. The van der Waals surface area contributed by atoms with Crippen LogP contribution < -0.4 is 5.32 Å². The van der Waals surface area contributed by atoms with Gasteiger partial charge in [-0.1, -0.05) is 51.9 Å². The summed E-state index contributed by atoms with van der Waals surface area (Å²) < 4.78 is 0. The third-order valence-electron chi connectivity index (χ3n) is 5.31. The molecule has 1 unspecified atom stereocenters. The topological polar surface area (TPSA) is 12.0 Å². The Kier molecular flexibility index (Phi) is 5.34. The van der Waals surface area contributed by atoms with Crippen LogP contribution in [0.3, 0.4) is 0 Å². The van der Waals surface area contributed by atoms with E-state index >= 15 is 0 Å². The summed E-state index contributed by atoms with van der Waals surface area (Å²) in [5.41, 5.74) is 0. The normalized spacial score (nSPS) is 33.5. The highest BCUT2D eigenvalue weighted by molar-refractivity contribution is 4.83. The van der Waals surface area contributed by atoms with Crippen LogP contribution in [0.5, 0.6) is 0 Å². The van der Waals surface area contributed by atoms with Crippen molar-refractivity contribution in [2.45, 2.75) is 77.2 Å². The molecular weight excluding hydrogens is 206 g/mol. The largest absolute Gasteiger partial charge is 0.317 e. The molecule has 2 aliphatic carbocycles. The summed E-state index contributed by atoms with van der Waals surface area (Å²) in [5, 5.41) is 3.63. The molecule has 1 heteroatoms. The molecule has 0 aliphatic heterocycles. The van der Waals surface area contributed by atoms with Crippen molar-refractivity contribution >= 4 is 0 Å². The van der Waals surface area contributed by atoms with Gasteiger partial charge in [-0.3, -0.25) is 0 Å². The van der Waals surface area contributed by atoms with E-state index in [1.807, 2.05) is 0 Å². The molecule has 0 aromatic carbocycles. The van der Waals surface area contributed by atoms with Crippen LogP contribution in [0, 0.1) is 17.8 Å². The van der Waals surface area contributed by atoms with Gasteiger partial charge in [0.2, 0.25) is 0 Å². The summed E-state index contributed by atoms with van der Waals surface area (Å²) in [6, 6.07) is 0.811. The Morgan fingerprint density at radius 3 is 2.18 bits per heavy atom. The van der Waals surface area contributed by atoms with Gasteiger partial charge in [-0.05, 0) is 44.1 Å². The number of rotatable bonds is 4. The average molecular weight is 237 g/mol. The van der Waals surface area contributed by atoms with Crippen molar-refractivity contribution < 1.29 is 0 Å². The molecule has 1 atom stereocenters. The van der Waals surface area contributed by atoms with E-state index in [9.17, 15) is 0 Å². The number of hydrogen-bond donors (Lipinski definition) is 1. The van der Waals surface area contributed by atoms with Gasteiger partial charge in [0.15, 0.2) is 0 Å². The molecule has 2 aliphatic rings. The standard InChI is InChI=1S/C16H31N/c1-13-8-10-15(11-9-13)16(17-2)12-14-6-4-3-5-7-14/h13-17H,3-12H2,1-2H3. The zero-order chi connectivity index (χ0) is 12.1. The first-order valence-corrected chi connectivity index (χ1v) is 7.97. The van der Waals surface area contributed by atoms with Gasteiger partial charge < -0.3 is 5.32 Å². The first-order chi connectivity index (χ1) is 8.29. The maximum Gasteiger partial charge on any atom is 0.00949 e. The molecule has 1 nitrogen and oxygen atoms in total. The lowest BCUT2D eigenvalue weighted by atomic mass is 9.75. The van der Waals surface area contributed by atoms with Crippen LogP contribution >= 0.6 is 0 Å². The van der Waals surface area contributed by atoms with Crippen molar-refractivity contribution in [3.8, 4) is 0 Å². The van der Waals surface area contributed by atoms with Crippen LogP contribution in [0.4, 0.5) is 0 Å². The Labute approximate surface area is 108 Å². The fourth-order valence-electron chi connectivity index (χ4n) is 4.02. The van der Waals surface area contributed by atoms with Gasteiger partial charge in [0.1, 0.15) is 0 Å². The zero-order valence-electron chi connectivity index (χ0n) is 11.9. The Balaban J connectivity index is 1.78. The minimum Gasteiger partial charge on any atom is -0.317 e. The highest BCUT2D eigenvalue weighted by Crippen LogP contribution is 2.35. The zero-order valence-corrected chi connectivity index (χ0v) is 11.9.